The molecule has 134 valence electrons. The van der Waals surface area contributed by atoms with Crippen LogP contribution in [0, 0.1) is 13.8 Å². The van der Waals surface area contributed by atoms with Crippen LogP contribution >= 0.6 is 0 Å². The van der Waals surface area contributed by atoms with Crippen molar-refractivity contribution in [2.75, 3.05) is 24.3 Å². The van der Waals surface area contributed by atoms with Crippen LogP contribution in [0.1, 0.15) is 11.1 Å². The van der Waals surface area contributed by atoms with E-state index in [0.717, 1.165) is 22.2 Å². The highest BCUT2D eigenvalue weighted by Gasteiger charge is 2.14. The van der Waals surface area contributed by atoms with Crippen molar-refractivity contribution >= 4 is 28.2 Å². The van der Waals surface area contributed by atoms with Gasteiger partial charge in [-0.15, -0.1) is 0 Å². The highest BCUT2D eigenvalue weighted by atomic mass is 16.2. The van der Waals surface area contributed by atoms with Gasteiger partial charge in [0.25, 0.3) is 5.56 Å². The zero-order valence-electron chi connectivity index (χ0n) is 15.4. The third kappa shape index (κ3) is 3.44. The summed E-state index contributed by atoms with van der Waals surface area (Å²) in [6.07, 6.45) is 0. The summed E-state index contributed by atoms with van der Waals surface area (Å²) in [7, 11) is 3.72. The maximum absolute atomic E-state index is 12.7. The van der Waals surface area contributed by atoms with Gasteiger partial charge >= 0.3 is 0 Å². The summed E-state index contributed by atoms with van der Waals surface area (Å²) in [5, 5.41) is 8.56. The summed E-state index contributed by atoms with van der Waals surface area (Å²) in [5.74, 6) is 0.367. The largest absolute Gasteiger partial charge is 0.361 e. The highest BCUT2D eigenvalue weighted by molar-refractivity contribution is 5.93. The Balaban J connectivity index is 1.94. The smallest absolute Gasteiger partial charge is 0.275 e. The molecule has 0 atom stereocenters. The molecule has 1 aromatic heterocycles. The summed E-state index contributed by atoms with van der Waals surface area (Å²) in [4.78, 5) is 27.0. The Morgan fingerprint density at radius 2 is 1.81 bits per heavy atom. The van der Waals surface area contributed by atoms with Crippen LogP contribution in [0.15, 0.2) is 47.3 Å². The third-order valence-electron chi connectivity index (χ3n) is 4.22. The number of rotatable bonds is 4. The molecular formula is C20H22N4O2. The number of amides is 1. The van der Waals surface area contributed by atoms with E-state index in [2.05, 4.69) is 10.4 Å². The maximum Gasteiger partial charge on any atom is 0.275 e. The molecule has 0 aliphatic heterocycles. The summed E-state index contributed by atoms with van der Waals surface area (Å²) in [6, 6.07) is 13.1. The monoisotopic (exact) mass is 350 g/mol. The van der Waals surface area contributed by atoms with Gasteiger partial charge in [-0.05, 0) is 31.5 Å². The van der Waals surface area contributed by atoms with Crippen LogP contribution in [-0.4, -0.2) is 29.8 Å². The van der Waals surface area contributed by atoms with Crippen LogP contribution < -0.4 is 15.8 Å². The van der Waals surface area contributed by atoms with E-state index in [-0.39, 0.29) is 18.0 Å². The van der Waals surface area contributed by atoms with E-state index in [0.29, 0.717) is 11.2 Å². The first-order valence-electron chi connectivity index (χ1n) is 8.41. The number of aromatic nitrogens is 2. The predicted octanol–water partition coefficient (Wildman–Crippen LogP) is 2.72. The van der Waals surface area contributed by atoms with Crippen molar-refractivity contribution in [2.24, 2.45) is 0 Å². The van der Waals surface area contributed by atoms with Gasteiger partial charge in [-0.25, -0.2) is 4.68 Å². The Hall–Kier alpha value is -3.15. The second-order valence-electron chi connectivity index (χ2n) is 6.59. The number of hydrogen-bond donors (Lipinski definition) is 1. The van der Waals surface area contributed by atoms with Crippen molar-refractivity contribution < 1.29 is 4.79 Å². The van der Waals surface area contributed by atoms with Gasteiger partial charge in [-0.3, -0.25) is 9.59 Å². The fraction of sp³-hybridized carbons (Fsp3) is 0.250. The minimum absolute atomic E-state index is 0.141. The summed E-state index contributed by atoms with van der Waals surface area (Å²) in [5.41, 5.74) is 2.57. The lowest BCUT2D eigenvalue weighted by Gasteiger charge is -2.16. The molecule has 0 aliphatic rings. The number of benzene rings is 2. The van der Waals surface area contributed by atoms with E-state index in [1.165, 1.54) is 4.68 Å². The Bertz CT molecular complexity index is 1040. The minimum Gasteiger partial charge on any atom is -0.361 e. The van der Waals surface area contributed by atoms with Crippen molar-refractivity contribution in [1.29, 1.82) is 0 Å². The molecule has 2 aromatic carbocycles. The molecule has 0 spiro atoms. The lowest BCUT2D eigenvalue weighted by atomic mass is 10.1. The second-order valence-corrected chi connectivity index (χ2v) is 6.59. The van der Waals surface area contributed by atoms with Gasteiger partial charge in [-0.2, -0.15) is 5.10 Å². The zero-order valence-corrected chi connectivity index (χ0v) is 15.4. The number of nitrogens with one attached hydrogen (secondary N) is 1. The van der Waals surface area contributed by atoms with Crippen LogP contribution in [0.5, 0.6) is 0 Å². The zero-order chi connectivity index (χ0) is 18.8. The van der Waals surface area contributed by atoms with Gasteiger partial charge in [-0.1, -0.05) is 35.9 Å². The fourth-order valence-corrected chi connectivity index (χ4v) is 2.93. The number of anilines is 2. The molecule has 3 aromatic rings. The lowest BCUT2D eigenvalue weighted by Crippen LogP contribution is -2.31. The first-order chi connectivity index (χ1) is 12.4. The number of hydrogen-bond acceptors (Lipinski definition) is 4. The summed E-state index contributed by atoms with van der Waals surface area (Å²) < 4.78 is 1.22. The van der Waals surface area contributed by atoms with E-state index < -0.39 is 0 Å². The minimum atomic E-state index is -0.286. The molecule has 0 saturated heterocycles. The average molecular weight is 350 g/mol. The number of carbonyl (C=O) groups excluding carboxylic acids is 1. The SMILES string of the molecule is Cc1ccc(NC(=O)Cn2nc(N(C)C)c3ccccc3c2=O)c(C)c1. The Morgan fingerprint density at radius 1 is 1.12 bits per heavy atom. The molecule has 0 bridgehead atoms. The van der Waals surface area contributed by atoms with Crippen molar-refractivity contribution in [2.45, 2.75) is 20.4 Å². The molecule has 0 radical (unpaired) electrons. The Kier molecular flexibility index (Phi) is 4.75. The molecule has 6 heteroatoms. The van der Waals surface area contributed by atoms with Crippen LogP contribution in [0.25, 0.3) is 10.8 Å². The molecule has 0 aliphatic carbocycles. The average Bonchev–Trinajstić information content (AvgIpc) is 2.59. The molecule has 1 N–H and O–H groups in total. The second kappa shape index (κ2) is 7.00. The Labute approximate surface area is 152 Å². The van der Waals surface area contributed by atoms with E-state index in [1.54, 1.807) is 6.07 Å². The standard InChI is InChI=1S/C20H22N4O2/c1-13-9-10-17(14(2)11-13)21-18(25)12-24-20(26)16-8-6-5-7-15(16)19(22-24)23(3)4/h5-11H,12H2,1-4H3,(H,21,25). The van der Waals surface area contributed by atoms with Crippen LogP contribution in [-0.2, 0) is 11.3 Å². The van der Waals surface area contributed by atoms with Crippen molar-refractivity contribution in [3.8, 4) is 0 Å². The Morgan fingerprint density at radius 3 is 2.46 bits per heavy atom. The predicted molar refractivity (Wildman–Crippen MR) is 105 cm³/mol. The topological polar surface area (TPSA) is 67.2 Å². The first kappa shape index (κ1) is 17.7. The van der Waals surface area contributed by atoms with Crippen molar-refractivity contribution in [3.63, 3.8) is 0 Å². The highest BCUT2D eigenvalue weighted by Crippen LogP contribution is 2.20. The fourth-order valence-electron chi connectivity index (χ4n) is 2.93. The van der Waals surface area contributed by atoms with Crippen LogP contribution in [0.2, 0.25) is 0 Å². The maximum atomic E-state index is 12.7. The molecule has 1 heterocycles. The van der Waals surface area contributed by atoms with Crippen molar-refractivity contribution in [3.05, 3.63) is 63.9 Å². The molecule has 0 fully saturated rings. The van der Waals surface area contributed by atoms with Gasteiger partial charge in [0.15, 0.2) is 5.82 Å². The first-order valence-corrected chi connectivity index (χ1v) is 8.41. The molecular weight excluding hydrogens is 328 g/mol. The summed E-state index contributed by atoms with van der Waals surface area (Å²) in [6.45, 7) is 3.80. The quantitative estimate of drug-likeness (QED) is 0.786. The van der Waals surface area contributed by atoms with E-state index in [1.807, 2.05) is 69.2 Å². The van der Waals surface area contributed by atoms with Crippen molar-refractivity contribution in [1.82, 2.24) is 9.78 Å². The van der Waals surface area contributed by atoms with E-state index in [4.69, 9.17) is 0 Å². The van der Waals surface area contributed by atoms with Gasteiger partial charge in [0.1, 0.15) is 6.54 Å². The normalized spacial score (nSPS) is 10.8. The molecule has 0 saturated carbocycles. The lowest BCUT2D eigenvalue weighted by molar-refractivity contribution is -0.117. The van der Waals surface area contributed by atoms with Crippen LogP contribution in [0.3, 0.4) is 0 Å². The van der Waals surface area contributed by atoms with Gasteiger partial charge in [0.2, 0.25) is 5.91 Å². The van der Waals surface area contributed by atoms with Gasteiger partial charge in [0, 0.05) is 25.2 Å². The molecule has 26 heavy (non-hydrogen) atoms. The molecule has 1 amide bonds. The number of fused-ring (bicyclic) bond motifs is 1. The number of nitrogens with zero attached hydrogens (tertiary/aromatic N) is 3. The van der Waals surface area contributed by atoms with Gasteiger partial charge < -0.3 is 10.2 Å². The van der Waals surface area contributed by atoms with E-state index >= 15 is 0 Å². The van der Waals surface area contributed by atoms with Gasteiger partial charge in [0.05, 0.1) is 5.39 Å². The molecule has 3 rings (SSSR count). The molecule has 0 unspecified atom stereocenters. The summed E-state index contributed by atoms with van der Waals surface area (Å²) >= 11 is 0. The van der Waals surface area contributed by atoms with Crippen LogP contribution in [0.4, 0.5) is 11.5 Å². The number of aryl methyl sites for hydroxylation is 2. The number of carbonyl (C=O) groups is 1. The molecule has 6 nitrogen and oxygen atoms in total. The third-order valence-corrected chi connectivity index (χ3v) is 4.22. The van der Waals surface area contributed by atoms with E-state index in [9.17, 15) is 9.59 Å².